The number of hydroxylamine groups is 1. The summed E-state index contributed by atoms with van der Waals surface area (Å²) in [5.74, 6) is -0.412. The molecule has 2 aromatic carbocycles. The second kappa shape index (κ2) is 22.0. The van der Waals surface area contributed by atoms with E-state index in [9.17, 15) is 34.3 Å². The zero-order chi connectivity index (χ0) is 37.2. The van der Waals surface area contributed by atoms with Gasteiger partial charge < -0.3 is 26.3 Å². The number of fused-ring (bicyclic) bond motifs is 1. The van der Waals surface area contributed by atoms with Crippen LogP contribution in [0.1, 0.15) is 35.6 Å². The summed E-state index contributed by atoms with van der Waals surface area (Å²) in [7, 11) is 0. The molecule has 1 heterocycles. The molecule has 0 saturated carbocycles. The number of aromatic nitrogens is 1. The van der Waals surface area contributed by atoms with Gasteiger partial charge in [-0.05, 0) is 48.1 Å². The molecule has 0 fully saturated rings. The van der Waals surface area contributed by atoms with Gasteiger partial charge in [0.05, 0.1) is 19.1 Å². The normalized spacial score (nSPS) is 13.3. The number of hydrogen-bond acceptors (Lipinski definition) is 13. The van der Waals surface area contributed by atoms with Crippen LogP contribution in [0.5, 0.6) is 5.75 Å². The van der Waals surface area contributed by atoms with E-state index in [4.69, 9.17) is 6.42 Å². The third-order valence-electron chi connectivity index (χ3n) is 7.67. The molecule has 0 radical (unpaired) electrons. The van der Waals surface area contributed by atoms with Crippen molar-refractivity contribution in [3.8, 4) is 18.1 Å². The standard InChI is InChI=1S/C35H42N6O7S3/c1-3-4-12-30(23-13-14-28(42)32-24(23)11-8-16-36-32)51-41-27(21-49)33(45)29(43)19-37-31(44)20-38-34(46)26(18-22-9-6-5-7-10-22)39-35(47)25(40-48)15-17-50-2/h1,5-11,13-14,16,25-27,30,40-42,48-49H,4,12,15,17-21H2,2H3,(H,37,44)(H,38,46)(H,39,47)/t25?,26-,27-,30?/m0/s1. The molecule has 0 aliphatic heterocycles. The van der Waals surface area contributed by atoms with Crippen LogP contribution >= 0.6 is 36.3 Å². The van der Waals surface area contributed by atoms with Crippen LogP contribution in [0.15, 0.2) is 60.8 Å². The zero-order valence-corrected chi connectivity index (χ0v) is 30.5. The van der Waals surface area contributed by atoms with Crippen LogP contribution in [-0.2, 0) is 30.4 Å². The molecule has 0 aliphatic carbocycles. The highest BCUT2D eigenvalue weighted by molar-refractivity contribution is 7.98. The number of rotatable bonds is 22. The molecule has 2 unspecified atom stereocenters. The van der Waals surface area contributed by atoms with Gasteiger partial charge in [-0.2, -0.15) is 29.9 Å². The number of phenols is 1. The molecule has 4 atom stereocenters. The van der Waals surface area contributed by atoms with Crippen LogP contribution < -0.4 is 26.2 Å². The van der Waals surface area contributed by atoms with Gasteiger partial charge in [-0.3, -0.25) is 33.7 Å². The van der Waals surface area contributed by atoms with Crippen LogP contribution in [0, 0.1) is 12.3 Å². The van der Waals surface area contributed by atoms with Crippen molar-refractivity contribution in [2.45, 2.75) is 49.1 Å². The molecular weight excluding hydrogens is 713 g/mol. The first-order chi connectivity index (χ1) is 24.6. The van der Waals surface area contributed by atoms with Crippen LogP contribution in [0.4, 0.5) is 0 Å². The lowest BCUT2D eigenvalue weighted by Crippen LogP contribution is -2.54. The fourth-order valence-electron chi connectivity index (χ4n) is 4.93. The highest BCUT2D eigenvalue weighted by Crippen LogP contribution is 2.38. The first kappa shape index (κ1) is 41.3. The Morgan fingerprint density at radius 1 is 0.941 bits per heavy atom. The van der Waals surface area contributed by atoms with Crippen LogP contribution in [0.25, 0.3) is 10.9 Å². The topological polar surface area (TPSA) is 199 Å². The summed E-state index contributed by atoms with van der Waals surface area (Å²) >= 11 is 6.95. The minimum Gasteiger partial charge on any atom is -0.506 e. The number of terminal acetylenes is 1. The van der Waals surface area contributed by atoms with Crippen molar-refractivity contribution in [1.82, 2.24) is 31.1 Å². The van der Waals surface area contributed by atoms with Crippen molar-refractivity contribution in [3.05, 3.63) is 71.9 Å². The smallest absolute Gasteiger partial charge is 0.243 e. The first-order valence-corrected chi connectivity index (χ1v) is 18.9. The molecule has 13 nitrogen and oxygen atoms in total. The quantitative estimate of drug-likeness (QED) is 0.0245. The molecule has 0 spiro atoms. The Hall–Kier alpha value is -4.11. The Morgan fingerprint density at radius 2 is 1.71 bits per heavy atom. The second-order valence-corrected chi connectivity index (χ2v) is 13.7. The number of ketones is 2. The van der Waals surface area contributed by atoms with Crippen molar-refractivity contribution in [1.29, 1.82) is 0 Å². The molecule has 272 valence electrons. The van der Waals surface area contributed by atoms with Crippen molar-refractivity contribution in [3.63, 3.8) is 0 Å². The van der Waals surface area contributed by atoms with Gasteiger partial charge >= 0.3 is 0 Å². The van der Waals surface area contributed by atoms with Crippen molar-refractivity contribution in [2.24, 2.45) is 0 Å². The molecule has 0 bridgehead atoms. The predicted octanol–water partition coefficient (Wildman–Crippen LogP) is 2.13. The Labute approximate surface area is 310 Å². The molecule has 51 heavy (non-hydrogen) atoms. The van der Waals surface area contributed by atoms with Gasteiger partial charge in [0.2, 0.25) is 29.3 Å². The number of thiol groups is 1. The van der Waals surface area contributed by atoms with E-state index in [1.54, 1.807) is 48.7 Å². The van der Waals surface area contributed by atoms with E-state index in [0.717, 1.165) is 16.5 Å². The Bertz CT molecular complexity index is 1690. The molecule has 1 aromatic heterocycles. The number of amides is 3. The number of Topliss-reactive ketones (excluding diaryl/α,β-unsaturated/α-hetero) is 2. The summed E-state index contributed by atoms with van der Waals surface area (Å²) < 4.78 is 3.03. The first-order valence-electron chi connectivity index (χ1n) is 16.0. The third-order valence-corrected chi connectivity index (χ3v) is 9.88. The number of benzene rings is 2. The van der Waals surface area contributed by atoms with Gasteiger partial charge in [-0.1, -0.05) is 54.4 Å². The molecule has 16 heteroatoms. The van der Waals surface area contributed by atoms with Crippen molar-refractivity contribution >= 4 is 76.5 Å². The van der Waals surface area contributed by atoms with Crippen molar-refractivity contribution < 1.29 is 34.3 Å². The molecule has 3 amide bonds. The summed E-state index contributed by atoms with van der Waals surface area (Å²) in [5.41, 5.74) is 3.99. The molecule has 3 aromatic rings. The highest BCUT2D eigenvalue weighted by atomic mass is 32.2. The molecule has 3 rings (SSSR count). The number of nitrogens with zero attached hydrogens (tertiary/aromatic N) is 1. The summed E-state index contributed by atoms with van der Waals surface area (Å²) in [6, 6.07) is 12.8. The summed E-state index contributed by atoms with van der Waals surface area (Å²) in [6.07, 6.45) is 10.4. The minimum absolute atomic E-state index is 0.0141. The molecule has 0 saturated heterocycles. The highest BCUT2D eigenvalue weighted by Gasteiger charge is 2.28. The average molecular weight is 755 g/mol. The number of thioether (sulfide) groups is 1. The Balaban J connectivity index is 1.56. The second-order valence-electron chi connectivity index (χ2n) is 11.3. The lowest BCUT2D eigenvalue weighted by Gasteiger charge is -2.22. The largest absolute Gasteiger partial charge is 0.506 e. The van der Waals surface area contributed by atoms with Gasteiger partial charge in [0, 0.05) is 35.4 Å². The fraction of sp³-hybridized carbons (Fsp3) is 0.371. The molecule has 0 aliphatic rings. The Kier molecular flexibility index (Phi) is 17.8. The lowest BCUT2D eigenvalue weighted by molar-refractivity contribution is -0.137. The number of carbonyl (C=O) groups is 5. The SMILES string of the molecule is C#CCCC(SN[C@@H](CS)C(=O)C(=O)CNC(=O)CNC(=O)[C@H](Cc1ccccc1)NC(=O)C(CCSC)NO)c1ccc(O)c2ncccc12. The zero-order valence-electron chi connectivity index (χ0n) is 28.0. The lowest BCUT2D eigenvalue weighted by atomic mass is 10.0. The van der Waals surface area contributed by atoms with Gasteiger partial charge in [-0.15, -0.1) is 12.3 Å². The van der Waals surface area contributed by atoms with E-state index in [1.807, 2.05) is 23.9 Å². The maximum atomic E-state index is 13.1. The van der Waals surface area contributed by atoms with E-state index in [1.165, 1.54) is 23.7 Å². The summed E-state index contributed by atoms with van der Waals surface area (Å²) in [4.78, 5) is 68.6. The predicted molar refractivity (Wildman–Crippen MR) is 202 cm³/mol. The van der Waals surface area contributed by atoms with Crippen LogP contribution in [-0.4, -0.2) is 93.6 Å². The van der Waals surface area contributed by atoms with Crippen molar-refractivity contribution in [2.75, 3.05) is 30.9 Å². The van der Waals surface area contributed by atoms with E-state index < -0.39 is 60.5 Å². The summed E-state index contributed by atoms with van der Waals surface area (Å²) in [5, 5.41) is 27.6. The van der Waals surface area contributed by atoms with E-state index in [-0.39, 0.29) is 23.2 Å². The number of phenolic OH excluding ortho intramolecular Hbond substituents is 1. The monoisotopic (exact) mass is 754 g/mol. The number of hydrogen-bond donors (Lipinski definition) is 8. The van der Waals surface area contributed by atoms with Gasteiger partial charge in [-0.25, -0.2) is 0 Å². The number of aromatic hydroxyl groups is 1. The van der Waals surface area contributed by atoms with Gasteiger partial charge in [0.1, 0.15) is 23.3 Å². The number of nitrogens with one attached hydrogen (secondary N) is 5. The van der Waals surface area contributed by atoms with Gasteiger partial charge in [0.25, 0.3) is 0 Å². The maximum Gasteiger partial charge on any atom is 0.243 e. The Morgan fingerprint density at radius 3 is 2.39 bits per heavy atom. The van der Waals surface area contributed by atoms with E-state index >= 15 is 0 Å². The fourth-order valence-corrected chi connectivity index (χ4v) is 6.86. The minimum atomic E-state index is -1.07. The average Bonchev–Trinajstić information content (AvgIpc) is 3.15. The van der Waals surface area contributed by atoms with Gasteiger partial charge in [0.15, 0.2) is 0 Å². The molecular formula is C35H42N6O7S3. The van der Waals surface area contributed by atoms with E-state index in [0.29, 0.717) is 30.5 Å². The summed E-state index contributed by atoms with van der Waals surface area (Å²) in [6.45, 7) is -1.13. The third kappa shape index (κ3) is 12.9. The maximum absolute atomic E-state index is 13.1. The number of pyridine rings is 1. The number of carbonyl (C=O) groups excluding carboxylic acids is 5. The molecule has 7 N–H and O–H groups in total. The van der Waals surface area contributed by atoms with Crippen LogP contribution in [0.2, 0.25) is 0 Å². The van der Waals surface area contributed by atoms with E-state index in [2.05, 4.69) is 44.2 Å². The van der Waals surface area contributed by atoms with Crippen LogP contribution in [0.3, 0.4) is 0 Å².